The molecule has 1 saturated carbocycles. The minimum absolute atomic E-state index is 0.0189. The zero-order valence-corrected chi connectivity index (χ0v) is 10.7. The molecule has 3 atom stereocenters. The fourth-order valence-electron chi connectivity index (χ4n) is 3.57. The standard InChI is InChI=1S/C13H21N3O2/c17-12-6-14-11(5-15-12)13(18)16-7-9-2-1-3-10(4-9)8-16/h9-11,14H,1-8H2,(H,15,17). The molecule has 2 saturated heterocycles. The highest BCUT2D eigenvalue weighted by Gasteiger charge is 2.35. The molecule has 5 nitrogen and oxygen atoms in total. The quantitative estimate of drug-likeness (QED) is 0.674. The van der Waals surface area contributed by atoms with Crippen molar-refractivity contribution < 1.29 is 9.59 Å². The number of amides is 2. The molecular weight excluding hydrogens is 230 g/mol. The number of fused-ring (bicyclic) bond motifs is 2. The molecule has 0 aromatic carbocycles. The zero-order valence-electron chi connectivity index (χ0n) is 10.7. The number of carbonyl (C=O) groups excluding carboxylic acids is 2. The molecule has 3 rings (SSSR count). The van der Waals surface area contributed by atoms with Gasteiger partial charge in [0.05, 0.1) is 6.54 Å². The van der Waals surface area contributed by atoms with Crippen LogP contribution < -0.4 is 10.6 Å². The Bertz CT molecular complexity index is 336. The molecule has 3 fully saturated rings. The maximum atomic E-state index is 12.4. The second kappa shape index (κ2) is 4.88. The van der Waals surface area contributed by atoms with E-state index in [9.17, 15) is 9.59 Å². The van der Waals surface area contributed by atoms with Crippen LogP contribution in [0, 0.1) is 11.8 Å². The van der Waals surface area contributed by atoms with Crippen LogP contribution in [0.2, 0.25) is 0 Å². The summed E-state index contributed by atoms with van der Waals surface area (Å²) in [5, 5.41) is 5.78. The van der Waals surface area contributed by atoms with Gasteiger partial charge in [0.25, 0.3) is 0 Å². The van der Waals surface area contributed by atoms with Gasteiger partial charge in [-0.25, -0.2) is 0 Å². The molecule has 0 spiro atoms. The highest BCUT2D eigenvalue weighted by Crippen LogP contribution is 2.34. The Hall–Kier alpha value is -1.10. The number of rotatable bonds is 1. The van der Waals surface area contributed by atoms with Crippen LogP contribution >= 0.6 is 0 Å². The molecule has 2 bridgehead atoms. The van der Waals surface area contributed by atoms with Crippen molar-refractivity contribution in [3.05, 3.63) is 0 Å². The van der Waals surface area contributed by atoms with Crippen molar-refractivity contribution in [1.29, 1.82) is 0 Å². The minimum atomic E-state index is -0.221. The molecule has 0 aromatic rings. The first-order valence-corrected chi connectivity index (χ1v) is 7.01. The maximum Gasteiger partial charge on any atom is 0.241 e. The Balaban J connectivity index is 1.60. The van der Waals surface area contributed by atoms with E-state index < -0.39 is 0 Å². The Morgan fingerprint density at radius 2 is 1.94 bits per heavy atom. The molecule has 2 amide bonds. The Kier molecular flexibility index (Phi) is 3.24. The number of carbonyl (C=O) groups is 2. The molecule has 3 unspecified atom stereocenters. The van der Waals surface area contributed by atoms with Crippen molar-refractivity contribution in [3.63, 3.8) is 0 Å². The fraction of sp³-hybridized carbons (Fsp3) is 0.846. The van der Waals surface area contributed by atoms with Gasteiger partial charge in [0.1, 0.15) is 6.04 Å². The van der Waals surface area contributed by atoms with Crippen molar-refractivity contribution in [2.75, 3.05) is 26.2 Å². The van der Waals surface area contributed by atoms with Gasteiger partial charge in [-0.05, 0) is 31.1 Å². The van der Waals surface area contributed by atoms with E-state index in [2.05, 4.69) is 10.6 Å². The van der Waals surface area contributed by atoms with Crippen LogP contribution in [0.25, 0.3) is 0 Å². The summed E-state index contributed by atoms with van der Waals surface area (Å²) in [6, 6.07) is -0.221. The fourth-order valence-corrected chi connectivity index (χ4v) is 3.57. The molecule has 0 radical (unpaired) electrons. The van der Waals surface area contributed by atoms with Crippen LogP contribution in [-0.4, -0.2) is 48.9 Å². The summed E-state index contributed by atoms with van der Waals surface area (Å²) in [5.41, 5.74) is 0. The smallest absolute Gasteiger partial charge is 0.241 e. The van der Waals surface area contributed by atoms with Crippen LogP contribution in [0.15, 0.2) is 0 Å². The predicted octanol–water partition coefficient (Wildman–Crippen LogP) is -0.277. The summed E-state index contributed by atoms with van der Waals surface area (Å²) in [5.74, 6) is 1.57. The van der Waals surface area contributed by atoms with E-state index in [1.165, 1.54) is 25.7 Å². The highest BCUT2D eigenvalue weighted by atomic mass is 16.2. The second-order valence-electron chi connectivity index (χ2n) is 5.88. The van der Waals surface area contributed by atoms with Gasteiger partial charge < -0.3 is 10.2 Å². The molecule has 1 aliphatic carbocycles. The maximum absolute atomic E-state index is 12.4. The van der Waals surface area contributed by atoms with Crippen molar-refractivity contribution in [3.8, 4) is 0 Å². The number of hydrogen-bond acceptors (Lipinski definition) is 3. The number of nitrogens with zero attached hydrogens (tertiary/aromatic N) is 1. The Morgan fingerprint density at radius 3 is 2.56 bits per heavy atom. The van der Waals surface area contributed by atoms with E-state index in [1.807, 2.05) is 4.90 Å². The largest absolute Gasteiger partial charge is 0.353 e. The van der Waals surface area contributed by atoms with Gasteiger partial charge >= 0.3 is 0 Å². The van der Waals surface area contributed by atoms with Crippen LogP contribution in [0.3, 0.4) is 0 Å². The number of nitrogens with one attached hydrogen (secondary N) is 2. The lowest BCUT2D eigenvalue weighted by molar-refractivity contribution is -0.138. The topological polar surface area (TPSA) is 61.4 Å². The molecule has 2 N–H and O–H groups in total. The molecule has 3 aliphatic rings. The van der Waals surface area contributed by atoms with Crippen LogP contribution in [-0.2, 0) is 9.59 Å². The number of piperidine rings is 1. The lowest BCUT2D eigenvalue weighted by Crippen LogP contribution is -2.60. The van der Waals surface area contributed by atoms with E-state index >= 15 is 0 Å². The SMILES string of the molecule is O=C1CNC(C(=O)N2CC3CCCC(C3)C2)CN1. The van der Waals surface area contributed by atoms with Crippen molar-refractivity contribution >= 4 is 11.8 Å². The zero-order chi connectivity index (χ0) is 12.5. The molecule has 0 aromatic heterocycles. The first kappa shape index (κ1) is 12.0. The van der Waals surface area contributed by atoms with Crippen molar-refractivity contribution in [2.45, 2.75) is 31.7 Å². The third-order valence-electron chi connectivity index (χ3n) is 4.47. The molecule has 2 aliphatic heterocycles. The van der Waals surface area contributed by atoms with Gasteiger partial charge in [-0.15, -0.1) is 0 Å². The summed E-state index contributed by atoms with van der Waals surface area (Å²) in [4.78, 5) is 25.5. The Morgan fingerprint density at radius 1 is 1.22 bits per heavy atom. The normalized spacial score (nSPS) is 36.1. The molecule has 18 heavy (non-hydrogen) atoms. The van der Waals surface area contributed by atoms with Crippen LogP contribution in [0.1, 0.15) is 25.7 Å². The van der Waals surface area contributed by atoms with E-state index in [0.717, 1.165) is 13.1 Å². The van der Waals surface area contributed by atoms with E-state index in [4.69, 9.17) is 0 Å². The van der Waals surface area contributed by atoms with E-state index in [-0.39, 0.29) is 24.4 Å². The van der Waals surface area contributed by atoms with Gasteiger partial charge in [0.15, 0.2) is 0 Å². The summed E-state index contributed by atoms with van der Waals surface area (Å²) >= 11 is 0. The predicted molar refractivity (Wildman–Crippen MR) is 66.8 cm³/mol. The minimum Gasteiger partial charge on any atom is -0.353 e. The van der Waals surface area contributed by atoms with E-state index in [0.29, 0.717) is 18.4 Å². The van der Waals surface area contributed by atoms with Crippen molar-refractivity contribution in [1.82, 2.24) is 15.5 Å². The molecule has 5 heteroatoms. The first-order chi connectivity index (χ1) is 8.72. The third kappa shape index (κ3) is 2.36. The number of likely N-dealkylation sites (tertiary alicyclic amines) is 1. The third-order valence-corrected chi connectivity index (χ3v) is 4.47. The summed E-state index contributed by atoms with van der Waals surface area (Å²) in [7, 11) is 0. The molecular formula is C13H21N3O2. The summed E-state index contributed by atoms with van der Waals surface area (Å²) in [6.07, 6.45) is 5.18. The monoisotopic (exact) mass is 251 g/mol. The summed E-state index contributed by atoms with van der Waals surface area (Å²) in [6.45, 7) is 2.53. The van der Waals surface area contributed by atoms with Crippen LogP contribution in [0.5, 0.6) is 0 Å². The number of piperazine rings is 1. The van der Waals surface area contributed by atoms with Gasteiger partial charge in [0.2, 0.25) is 11.8 Å². The first-order valence-electron chi connectivity index (χ1n) is 7.01. The average molecular weight is 251 g/mol. The highest BCUT2D eigenvalue weighted by molar-refractivity contribution is 5.86. The lowest BCUT2D eigenvalue weighted by Gasteiger charge is -2.42. The van der Waals surface area contributed by atoms with E-state index in [1.54, 1.807) is 0 Å². The van der Waals surface area contributed by atoms with Crippen molar-refractivity contribution in [2.24, 2.45) is 11.8 Å². The van der Waals surface area contributed by atoms with Gasteiger partial charge in [-0.3, -0.25) is 14.9 Å². The Labute approximate surface area is 107 Å². The molecule has 2 heterocycles. The van der Waals surface area contributed by atoms with Crippen LogP contribution in [0.4, 0.5) is 0 Å². The van der Waals surface area contributed by atoms with Gasteiger partial charge in [0, 0.05) is 19.6 Å². The molecule has 100 valence electrons. The second-order valence-corrected chi connectivity index (χ2v) is 5.88. The van der Waals surface area contributed by atoms with Gasteiger partial charge in [-0.1, -0.05) is 6.42 Å². The number of hydrogen-bond donors (Lipinski definition) is 2. The van der Waals surface area contributed by atoms with Gasteiger partial charge in [-0.2, -0.15) is 0 Å². The lowest BCUT2D eigenvalue weighted by atomic mass is 9.78. The average Bonchev–Trinajstić information content (AvgIpc) is 2.38. The summed E-state index contributed by atoms with van der Waals surface area (Å²) < 4.78 is 0.